The summed E-state index contributed by atoms with van der Waals surface area (Å²) in [6.07, 6.45) is -2.41. The molecule has 0 bridgehead atoms. The molecule has 0 radical (unpaired) electrons. The van der Waals surface area contributed by atoms with Crippen LogP contribution in [0.4, 0.5) is 13.2 Å². The van der Waals surface area contributed by atoms with E-state index in [0.29, 0.717) is 17.1 Å². The Morgan fingerprint density at radius 1 is 0.962 bits per heavy atom. The van der Waals surface area contributed by atoms with Crippen LogP contribution in [0.3, 0.4) is 0 Å². The van der Waals surface area contributed by atoms with Crippen LogP contribution in [0.2, 0.25) is 0 Å². The molecule has 0 aromatic heterocycles. The molecule has 0 heterocycles. The van der Waals surface area contributed by atoms with Gasteiger partial charge in [0.2, 0.25) is 0 Å². The molecule has 6 heteroatoms. The fourth-order valence-corrected chi connectivity index (χ4v) is 2.58. The minimum atomic E-state index is -4.36. The minimum absolute atomic E-state index is 0.0419. The molecule has 142 valence electrons. The molecule has 2 aromatic carbocycles. The van der Waals surface area contributed by atoms with Crippen LogP contribution in [0, 0.1) is 0 Å². The van der Waals surface area contributed by atoms with Crippen LogP contribution < -0.4 is 9.47 Å². The van der Waals surface area contributed by atoms with Crippen molar-refractivity contribution in [2.24, 2.45) is 0 Å². The van der Waals surface area contributed by atoms with Gasteiger partial charge < -0.3 is 14.4 Å². The zero-order chi connectivity index (χ0) is 19.2. The van der Waals surface area contributed by atoms with Gasteiger partial charge in [0.15, 0.2) is 11.5 Å². The Kier molecular flexibility index (Phi) is 6.91. The van der Waals surface area contributed by atoms with Crippen molar-refractivity contribution in [1.82, 2.24) is 4.90 Å². The van der Waals surface area contributed by atoms with Gasteiger partial charge in [-0.15, -0.1) is 0 Å². The Balaban J connectivity index is 2.03. The molecule has 26 heavy (non-hydrogen) atoms. The lowest BCUT2D eigenvalue weighted by atomic mass is 10.1. The van der Waals surface area contributed by atoms with Gasteiger partial charge in [0, 0.05) is 0 Å². The van der Waals surface area contributed by atoms with Crippen molar-refractivity contribution >= 4 is 0 Å². The molecule has 0 N–H and O–H groups in total. The molecule has 0 saturated heterocycles. The van der Waals surface area contributed by atoms with Crippen LogP contribution in [-0.4, -0.2) is 32.6 Å². The van der Waals surface area contributed by atoms with Crippen molar-refractivity contribution in [3.8, 4) is 11.5 Å². The summed E-state index contributed by atoms with van der Waals surface area (Å²) in [7, 11) is 5.62. The number of benzene rings is 2. The molecule has 2 rings (SSSR count). The standard InChI is InChI=1S/C20H24F3NO2/c1-24(2)11-5-7-15-9-10-18(19(13-15)25-3)26-14-16-6-4-8-17(12-16)20(21,22)23/h4,6,8-10,12-13H,5,7,11,14H2,1-3H3. The third-order valence-electron chi connectivity index (χ3n) is 3.95. The molecule has 3 nitrogen and oxygen atoms in total. The largest absolute Gasteiger partial charge is 0.493 e. The summed E-state index contributed by atoms with van der Waals surface area (Å²) in [4.78, 5) is 2.13. The van der Waals surface area contributed by atoms with Crippen LogP contribution in [0.5, 0.6) is 11.5 Å². The number of methoxy groups -OCH3 is 1. The number of rotatable bonds is 8. The molecule has 0 atom stereocenters. The molecule has 0 spiro atoms. The predicted octanol–water partition coefficient (Wildman–Crippen LogP) is 4.79. The predicted molar refractivity (Wildman–Crippen MR) is 95.6 cm³/mol. The summed E-state index contributed by atoms with van der Waals surface area (Å²) in [6.45, 7) is 1.04. The zero-order valence-electron chi connectivity index (χ0n) is 15.3. The Morgan fingerprint density at radius 3 is 2.38 bits per heavy atom. The molecule has 0 amide bonds. The van der Waals surface area contributed by atoms with E-state index in [1.54, 1.807) is 19.2 Å². The number of halogens is 3. The van der Waals surface area contributed by atoms with Gasteiger partial charge in [-0.2, -0.15) is 13.2 Å². The van der Waals surface area contributed by atoms with E-state index in [-0.39, 0.29) is 6.61 Å². The van der Waals surface area contributed by atoms with Gasteiger partial charge in [-0.25, -0.2) is 0 Å². The molecular weight excluding hydrogens is 343 g/mol. The van der Waals surface area contributed by atoms with Gasteiger partial charge >= 0.3 is 6.18 Å². The Labute approximate surface area is 152 Å². The molecule has 0 aliphatic heterocycles. The molecular formula is C20H24F3NO2. The number of nitrogens with zero attached hydrogens (tertiary/aromatic N) is 1. The lowest BCUT2D eigenvalue weighted by Gasteiger charge is -2.14. The number of ether oxygens (including phenoxy) is 2. The SMILES string of the molecule is COc1cc(CCCN(C)C)ccc1OCc1cccc(C(F)(F)F)c1. The molecule has 0 saturated carbocycles. The maximum Gasteiger partial charge on any atom is 0.416 e. The summed E-state index contributed by atoms with van der Waals surface area (Å²) in [5.41, 5.74) is 0.911. The Hall–Kier alpha value is -2.21. The quantitative estimate of drug-likeness (QED) is 0.670. The first kappa shape index (κ1) is 20.1. The number of hydrogen-bond donors (Lipinski definition) is 0. The lowest BCUT2D eigenvalue weighted by molar-refractivity contribution is -0.137. The van der Waals surface area contributed by atoms with E-state index in [2.05, 4.69) is 4.90 Å². The lowest BCUT2D eigenvalue weighted by Crippen LogP contribution is -2.13. The van der Waals surface area contributed by atoms with Crippen molar-refractivity contribution < 1.29 is 22.6 Å². The highest BCUT2D eigenvalue weighted by Gasteiger charge is 2.30. The minimum Gasteiger partial charge on any atom is -0.493 e. The van der Waals surface area contributed by atoms with E-state index in [1.165, 1.54) is 6.07 Å². The highest BCUT2D eigenvalue weighted by molar-refractivity contribution is 5.43. The van der Waals surface area contributed by atoms with Crippen LogP contribution in [0.1, 0.15) is 23.1 Å². The zero-order valence-corrected chi connectivity index (χ0v) is 15.3. The fraction of sp³-hybridized carbons (Fsp3) is 0.400. The van der Waals surface area contributed by atoms with Crippen LogP contribution in [-0.2, 0) is 19.2 Å². The third kappa shape index (κ3) is 5.95. The maximum atomic E-state index is 12.8. The van der Waals surface area contributed by atoms with E-state index in [0.717, 1.165) is 37.1 Å². The second-order valence-electron chi connectivity index (χ2n) is 6.38. The fourth-order valence-electron chi connectivity index (χ4n) is 2.58. The highest BCUT2D eigenvalue weighted by Crippen LogP contribution is 2.31. The van der Waals surface area contributed by atoms with Crippen molar-refractivity contribution in [1.29, 1.82) is 0 Å². The monoisotopic (exact) mass is 367 g/mol. The van der Waals surface area contributed by atoms with Crippen molar-refractivity contribution in [2.45, 2.75) is 25.6 Å². The summed E-state index contributed by atoms with van der Waals surface area (Å²) < 4.78 is 49.4. The van der Waals surface area contributed by atoms with E-state index >= 15 is 0 Å². The number of hydrogen-bond acceptors (Lipinski definition) is 3. The molecule has 0 fully saturated rings. The van der Waals surface area contributed by atoms with Crippen molar-refractivity contribution in [3.63, 3.8) is 0 Å². The third-order valence-corrected chi connectivity index (χ3v) is 3.95. The average molecular weight is 367 g/mol. The van der Waals surface area contributed by atoms with Crippen LogP contribution in [0.15, 0.2) is 42.5 Å². The van der Waals surface area contributed by atoms with Crippen molar-refractivity contribution in [3.05, 3.63) is 59.2 Å². The first-order chi connectivity index (χ1) is 12.3. The first-order valence-corrected chi connectivity index (χ1v) is 8.40. The summed E-state index contributed by atoms with van der Waals surface area (Å²) in [6, 6.07) is 10.8. The number of alkyl halides is 3. The van der Waals surface area contributed by atoms with E-state index in [4.69, 9.17) is 9.47 Å². The smallest absolute Gasteiger partial charge is 0.416 e. The molecule has 0 aliphatic rings. The number of aryl methyl sites for hydroxylation is 1. The second kappa shape index (κ2) is 8.94. The van der Waals surface area contributed by atoms with Crippen molar-refractivity contribution in [2.75, 3.05) is 27.7 Å². The van der Waals surface area contributed by atoms with E-state index in [9.17, 15) is 13.2 Å². The molecule has 0 aliphatic carbocycles. The summed E-state index contributed by atoms with van der Waals surface area (Å²) >= 11 is 0. The van der Waals surface area contributed by atoms with E-state index < -0.39 is 11.7 Å². The Bertz CT molecular complexity index is 714. The van der Waals surface area contributed by atoms with Crippen LogP contribution >= 0.6 is 0 Å². The molecule has 0 unspecified atom stereocenters. The summed E-state index contributed by atoms with van der Waals surface area (Å²) in [5.74, 6) is 1.10. The summed E-state index contributed by atoms with van der Waals surface area (Å²) in [5, 5.41) is 0. The molecule has 2 aromatic rings. The van der Waals surface area contributed by atoms with Gasteiger partial charge in [-0.1, -0.05) is 18.2 Å². The van der Waals surface area contributed by atoms with Gasteiger partial charge in [-0.05, 0) is 68.9 Å². The van der Waals surface area contributed by atoms with Gasteiger partial charge in [0.25, 0.3) is 0 Å². The normalized spacial score (nSPS) is 11.7. The van der Waals surface area contributed by atoms with Gasteiger partial charge in [0.1, 0.15) is 6.61 Å². The van der Waals surface area contributed by atoms with Crippen LogP contribution in [0.25, 0.3) is 0 Å². The maximum absolute atomic E-state index is 12.8. The topological polar surface area (TPSA) is 21.7 Å². The first-order valence-electron chi connectivity index (χ1n) is 8.40. The highest BCUT2D eigenvalue weighted by atomic mass is 19.4. The average Bonchev–Trinajstić information content (AvgIpc) is 2.59. The van der Waals surface area contributed by atoms with Gasteiger partial charge in [-0.3, -0.25) is 0 Å². The van der Waals surface area contributed by atoms with Gasteiger partial charge in [0.05, 0.1) is 12.7 Å². The van der Waals surface area contributed by atoms with E-state index in [1.807, 2.05) is 26.2 Å². The second-order valence-corrected chi connectivity index (χ2v) is 6.38. The Morgan fingerprint density at radius 2 is 1.73 bits per heavy atom.